The van der Waals surface area contributed by atoms with Gasteiger partial charge in [0.1, 0.15) is 0 Å². The molecule has 94 valence electrons. The highest BCUT2D eigenvalue weighted by atomic mass is 32.1. The molecule has 0 bridgehead atoms. The van der Waals surface area contributed by atoms with Crippen molar-refractivity contribution in [2.75, 3.05) is 13.1 Å². The van der Waals surface area contributed by atoms with Crippen LogP contribution < -0.4 is 10.6 Å². The van der Waals surface area contributed by atoms with Crippen LogP contribution in [-0.4, -0.2) is 24.0 Å². The normalized spacial score (nSPS) is 11.3. The third-order valence-corrected chi connectivity index (χ3v) is 3.10. The zero-order valence-electron chi connectivity index (χ0n) is 10.5. The molecule has 0 aliphatic heterocycles. The topological polar surface area (TPSA) is 49.3 Å². The Kier molecular flexibility index (Phi) is 6.32. The lowest BCUT2D eigenvalue weighted by Gasteiger charge is -2.08. The van der Waals surface area contributed by atoms with E-state index in [0.29, 0.717) is 13.1 Å². The second kappa shape index (κ2) is 7.84. The quantitative estimate of drug-likeness (QED) is 0.462. The van der Waals surface area contributed by atoms with Gasteiger partial charge in [-0.15, -0.1) is 17.9 Å². The fourth-order valence-corrected chi connectivity index (χ4v) is 1.99. The average molecular weight is 252 g/mol. The molecule has 0 fully saturated rings. The number of hydrogen-bond donors (Lipinski definition) is 2. The summed E-state index contributed by atoms with van der Waals surface area (Å²) in [6, 6.07) is 0. The van der Waals surface area contributed by atoms with E-state index in [1.165, 1.54) is 5.01 Å². The Bertz CT molecular complexity index is 370. The third-order valence-electron chi connectivity index (χ3n) is 2.06. The smallest absolute Gasteiger partial charge is 0.191 e. The Morgan fingerprint density at radius 1 is 1.53 bits per heavy atom. The Labute approximate surface area is 107 Å². The van der Waals surface area contributed by atoms with Gasteiger partial charge < -0.3 is 10.6 Å². The van der Waals surface area contributed by atoms with Crippen LogP contribution in [0.15, 0.2) is 23.0 Å². The highest BCUT2D eigenvalue weighted by Gasteiger charge is 2.00. The molecule has 1 aromatic rings. The standard InChI is InChI=1S/C12H20N4S/c1-4-7-14-12(13-6-3)15-8-10-9-17-11(5-2)16-10/h4,9H,1,5-8H2,2-3H3,(H2,13,14,15). The van der Waals surface area contributed by atoms with Gasteiger partial charge in [0.05, 0.1) is 17.2 Å². The number of nitrogens with zero attached hydrogens (tertiary/aromatic N) is 2. The highest BCUT2D eigenvalue weighted by molar-refractivity contribution is 7.09. The molecule has 4 nitrogen and oxygen atoms in total. The summed E-state index contributed by atoms with van der Waals surface area (Å²) < 4.78 is 0. The van der Waals surface area contributed by atoms with Crippen LogP contribution in [0.3, 0.4) is 0 Å². The van der Waals surface area contributed by atoms with E-state index in [-0.39, 0.29) is 0 Å². The van der Waals surface area contributed by atoms with Gasteiger partial charge in [-0.1, -0.05) is 13.0 Å². The predicted molar refractivity (Wildman–Crippen MR) is 74.5 cm³/mol. The number of nitrogens with one attached hydrogen (secondary N) is 2. The first-order chi connectivity index (χ1) is 8.30. The SMILES string of the molecule is C=CCNC(=NCc1csc(CC)n1)NCC. The van der Waals surface area contributed by atoms with Crippen LogP contribution in [0, 0.1) is 0 Å². The molecule has 0 saturated carbocycles. The maximum absolute atomic E-state index is 4.48. The van der Waals surface area contributed by atoms with Crippen LogP contribution in [-0.2, 0) is 13.0 Å². The van der Waals surface area contributed by atoms with Crippen LogP contribution in [0.2, 0.25) is 0 Å². The van der Waals surface area contributed by atoms with E-state index >= 15 is 0 Å². The van der Waals surface area contributed by atoms with Gasteiger partial charge in [0, 0.05) is 18.5 Å². The van der Waals surface area contributed by atoms with E-state index in [4.69, 9.17) is 0 Å². The van der Waals surface area contributed by atoms with Crippen molar-refractivity contribution in [1.82, 2.24) is 15.6 Å². The number of hydrogen-bond acceptors (Lipinski definition) is 3. The van der Waals surface area contributed by atoms with E-state index in [9.17, 15) is 0 Å². The zero-order valence-corrected chi connectivity index (χ0v) is 11.3. The number of aryl methyl sites for hydroxylation is 1. The zero-order chi connectivity index (χ0) is 12.5. The minimum atomic E-state index is 0.614. The van der Waals surface area contributed by atoms with E-state index in [1.807, 2.05) is 13.0 Å². The maximum Gasteiger partial charge on any atom is 0.191 e. The molecule has 0 saturated heterocycles. The molecule has 5 heteroatoms. The summed E-state index contributed by atoms with van der Waals surface area (Å²) in [7, 11) is 0. The number of rotatable bonds is 6. The molecule has 0 radical (unpaired) electrons. The second-order valence-electron chi connectivity index (χ2n) is 3.45. The number of aromatic nitrogens is 1. The summed E-state index contributed by atoms with van der Waals surface area (Å²) in [6.45, 7) is 10.00. The van der Waals surface area contributed by atoms with Gasteiger partial charge in [-0.05, 0) is 13.3 Å². The molecule has 0 spiro atoms. The third kappa shape index (κ3) is 4.99. The van der Waals surface area contributed by atoms with Gasteiger partial charge in [0.15, 0.2) is 5.96 Å². The summed E-state index contributed by atoms with van der Waals surface area (Å²) >= 11 is 1.70. The Morgan fingerprint density at radius 3 is 2.94 bits per heavy atom. The van der Waals surface area contributed by atoms with Crippen molar-refractivity contribution in [3.63, 3.8) is 0 Å². The lowest BCUT2D eigenvalue weighted by Crippen LogP contribution is -2.37. The van der Waals surface area contributed by atoms with Gasteiger partial charge in [0.25, 0.3) is 0 Å². The minimum absolute atomic E-state index is 0.614. The molecule has 0 aliphatic rings. The first-order valence-electron chi connectivity index (χ1n) is 5.86. The molecule has 1 heterocycles. The molecule has 0 unspecified atom stereocenters. The monoisotopic (exact) mass is 252 g/mol. The fraction of sp³-hybridized carbons (Fsp3) is 0.500. The maximum atomic E-state index is 4.48. The van der Waals surface area contributed by atoms with E-state index < -0.39 is 0 Å². The Morgan fingerprint density at radius 2 is 2.35 bits per heavy atom. The van der Waals surface area contributed by atoms with Gasteiger partial charge in [0.2, 0.25) is 0 Å². The predicted octanol–water partition coefficient (Wildman–Crippen LogP) is 1.95. The summed E-state index contributed by atoms with van der Waals surface area (Å²) in [4.78, 5) is 8.94. The fourth-order valence-electron chi connectivity index (χ4n) is 1.25. The lowest BCUT2D eigenvalue weighted by atomic mass is 10.5. The van der Waals surface area contributed by atoms with Crippen molar-refractivity contribution in [2.45, 2.75) is 26.8 Å². The molecule has 0 aromatic carbocycles. The van der Waals surface area contributed by atoms with Gasteiger partial charge in [-0.3, -0.25) is 0 Å². The molecular formula is C12H20N4S. The van der Waals surface area contributed by atoms with Crippen LogP contribution in [0.4, 0.5) is 0 Å². The van der Waals surface area contributed by atoms with E-state index in [0.717, 1.165) is 24.6 Å². The van der Waals surface area contributed by atoms with Crippen LogP contribution >= 0.6 is 11.3 Å². The van der Waals surface area contributed by atoms with E-state index in [2.05, 4.69) is 39.5 Å². The number of aliphatic imine (C=N–C) groups is 1. The first-order valence-corrected chi connectivity index (χ1v) is 6.74. The average Bonchev–Trinajstić information content (AvgIpc) is 2.80. The van der Waals surface area contributed by atoms with E-state index in [1.54, 1.807) is 11.3 Å². The molecule has 0 atom stereocenters. The molecule has 0 aliphatic carbocycles. The van der Waals surface area contributed by atoms with Crippen LogP contribution in [0.25, 0.3) is 0 Å². The number of guanidine groups is 1. The minimum Gasteiger partial charge on any atom is -0.357 e. The second-order valence-corrected chi connectivity index (χ2v) is 4.39. The molecule has 1 aromatic heterocycles. The first kappa shape index (κ1) is 13.7. The van der Waals surface area contributed by atoms with Gasteiger partial charge >= 0.3 is 0 Å². The Balaban J connectivity index is 2.54. The summed E-state index contributed by atoms with van der Waals surface area (Å²) in [6.07, 6.45) is 2.80. The molecular weight excluding hydrogens is 232 g/mol. The van der Waals surface area contributed by atoms with Crippen molar-refractivity contribution >= 4 is 17.3 Å². The van der Waals surface area contributed by atoms with Crippen molar-refractivity contribution in [3.05, 3.63) is 28.7 Å². The summed E-state index contributed by atoms with van der Waals surface area (Å²) in [5, 5.41) is 9.57. The van der Waals surface area contributed by atoms with Crippen molar-refractivity contribution in [1.29, 1.82) is 0 Å². The number of thiazole rings is 1. The summed E-state index contributed by atoms with van der Waals surface area (Å²) in [5.41, 5.74) is 1.03. The van der Waals surface area contributed by atoms with Crippen molar-refractivity contribution < 1.29 is 0 Å². The van der Waals surface area contributed by atoms with Crippen LogP contribution in [0.1, 0.15) is 24.5 Å². The molecule has 0 amide bonds. The summed E-state index contributed by atoms with van der Waals surface area (Å²) in [5.74, 6) is 0.804. The lowest BCUT2D eigenvalue weighted by molar-refractivity contribution is 0.852. The van der Waals surface area contributed by atoms with Crippen molar-refractivity contribution in [3.8, 4) is 0 Å². The Hall–Kier alpha value is -1.36. The van der Waals surface area contributed by atoms with Crippen molar-refractivity contribution in [2.24, 2.45) is 4.99 Å². The largest absolute Gasteiger partial charge is 0.357 e. The van der Waals surface area contributed by atoms with Gasteiger partial charge in [-0.25, -0.2) is 9.98 Å². The van der Waals surface area contributed by atoms with Crippen LogP contribution in [0.5, 0.6) is 0 Å². The van der Waals surface area contributed by atoms with Gasteiger partial charge in [-0.2, -0.15) is 0 Å². The molecule has 1 rings (SSSR count). The molecule has 17 heavy (non-hydrogen) atoms. The highest BCUT2D eigenvalue weighted by Crippen LogP contribution is 2.10. The molecule has 2 N–H and O–H groups in total.